The van der Waals surface area contributed by atoms with Crippen LogP contribution in [0.4, 0.5) is 0 Å². The maximum Gasteiger partial charge on any atom is 0.341 e. The van der Waals surface area contributed by atoms with Crippen LogP contribution in [0, 0.1) is 0 Å². The van der Waals surface area contributed by atoms with Gasteiger partial charge in [0.2, 0.25) is 5.91 Å². The van der Waals surface area contributed by atoms with Crippen molar-refractivity contribution in [3.05, 3.63) is 89.5 Å². The second kappa shape index (κ2) is 14.9. The molecule has 1 aliphatic heterocycles. The van der Waals surface area contributed by atoms with Crippen molar-refractivity contribution in [1.29, 1.82) is 0 Å². The number of amides is 1. The maximum absolute atomic E-state index is 13.7. The number of hydrogen-bond donors (Lipinski definition) is 1. The van der Waals surface area contributed by atoms with Crippen LogP contribution in [0.3, 0.4) is 0 Å². The Balaban J connectivity index is 1.54. The zero-order valence-electron chi connectivity index (χ0n) is 24.0. The standard InChI is InChI=1S/C33H37NO8/c1-39-29-17-15-24(19-30(29)40-2)14-16-28(25-11-8-12-26(21-25)41-22-32(36)37)42-33(38)27-13-6-7-18-34(27)31(35)20-23-9-4-3-5-10-23/h3-5,8-12,15,17,19,21,27-28H,6-7,13-14,16,18,20,22H2,1-2H3,(H,36,37)/t27-,28+/m0/s1. The summed E-state index contributed by atoms with van der Waals surface area (Å²) < 4.78 is 22.3. The molecule has 42 heavy (non-hydrogen) atoms. The Morgan fingerprint density at radius 3 is 2.43 bits per heavy atom. The van der Waals surface area contributed by atoms with Crippen LogP contribution >= 0.6 is 0 Å². The molecule has 3 aromatic carbocycles. The molecule has 0 radical (unpaired) electrons. The summed E-state index contributed by atoms with van der Waals surface area (Å²) >= 11 is 0. The van der Waals surface area contributed by atoms with Crippen molar-refractivity contribution in [2.75, 3.05) is 27.4 Å². The third-order valence-electron chi connectivity index (χ3n) is 7.29. The number of benzene rings is 3. The summed E-state index contributed by atoms with van der Waals surface area (Å²) in [5.41, 5.74) is 2.53. The lowest BCUT2D eigenvalue weighted by Gasteiger charge is -2.35. The molecule has 1 amide bonds. The number of ether oxygens (including phenoxy) is 4. The fourth-order valence-electron chi connectivity index (χ4n) is 5.14. The summed E-state index contributed by atoms with van der Waals surface area (Å²) in [6.45, 7) is 0.0143. The van der Waals surface area contributed by atoms with Crippen molar-refractivity contribution >= 4 is 17.8 Å². The largest absolute Gasteiger partial charge is 0.493 e. The minimum absolute atomic E-state index is 0.103. The molecule has 222 valence electrons. The topological polar surface area (TPSA) is 112 Å². The molecule has 0 unspecified atom stereocenters. The first-order valence-corrected chi connectivity index (χ1v) is 14.1. The van der Waals surface area contributed by atoms with Gasteiger partial charge in [-0.05, 0) is 73.1 Å². The third-order valence-corrected chi connectivity index (χ3v) is 7.29. The van der Waals surface area contributed by atoms with Gasteiger partial charge >= 0.3 is 11.9 Å². The smallest absolute Gasteiger partial charge is 0.341 e. The highest BCUT2D eigenvalue weighted by atomic mass is 16.5. The minimum atomic E-state index is -1.09. The Morgan fingerprint density at radius 2 is 1.69 bits per heavy atom. The van der Waals surface area contributed by atoms with E-state index in [1.807, 2.05) is 54.6 Å². The van der Waals surface area contributed by atoms with Crippen LogP contribution in [0.25, 0.3) is 0 Å². The Hall–Kier alpha value is -4.53. The monoisotopic (exact) mass is 575 g/mol. The van der Waals surface area contributed by atoms with Gasteiger partial charge in [0.05, 0.1) is 20.6 Å². The molecule has 0 bridgehead atoms. The van der Waals surface area contributed by atoms with E-state index in [4.69, 9.17) is 24.1 Å². The quantitative estimate of drug-likeness (QED) is 0.283. The molecular weight excluding hydrogens is 538 g/mol. The van der Waals surface area contributed by atoms with Crippen molar-refractivity contribution in [3.63, 3.8) is 0 Å². The number of carboxylic acid groups (broad SMARTS) is 1. The third kappa shape index (κ3) is 8.25. The highest BCUT2D eigenvalue weighted by molar-refractivity contribution is 5.86. The van der Waals surface area contributed by atoms with Gasteiger partial charge in [0.15, 0.2) is 18.1 Å². The number of nitrogens with zero attached hydrogens (tertiary/aromatic N) is 1. The number of hydrogen-bond acceptors (Lipinski definition) is 7. The molecule has 4 rings (SSSR count). The van der Waals surface area contributed by atoms with Gasteiger partial charge in [-0.3, -0.25) is 4.79 Å². The Kier molecular flexibility index (Phi) is 10.8. The molecule has 2 atom stereocenters. The van der Waals surface area contributed by atoms with Crippen LogP contribution in [0.2, 0.25) is 0 Å². The van der Waals surface area contributed by atoms with Gasteiger partial charge in [-0.25, -0.2) is 9.59 Å². The van der Waals surface area contributed by atoms with E-state index in [0.29, 0.717) is 48.6 Å². The normalized spacial score (nSPS) is 15.4. The summed E-state index contributed by atoms with van der Waals surface area (Å²) in [5.74, 6) is -0.0691. The number of aliphatic carboxylic acids is 1. The predicted molar refractivity (Wildman–Crippen MR) is 156 cm³/mol. The van der Waals surface area contributed by atoms with Crippen molar-refractivity contribution < 1.29 is 38.4 Å². The van der Waals surface area contributed by atoms with E-state index in [1.165, 1.54) is 0 Å². The first-order chi connectivity index (χ1) is 20.4. The Bertz CT molecular complexity index is 1360. The molecule has 1 N–H and O–H groups in total. The van der Waals surface area contributed by atoms with Gasteiger partial charge in [-0.1, -0.05) is 48.5 Å². The summed E-state index contributed by atoms with van der Waals surface area (Å²) in [6, 6.07) is 21.4. The number of piperidine rings is 1. The molecule has 0 aromatic heterocycles. The number of rotatable bonds is 13. The molecule has 1 heterocycles. The molecule has 1 saturated heterocycles. The molecule has 0 aliphatic carbocycles. The number of carbonyl (C=O) groups is 3. The molecule has 9 nitrogen and oxygen atoms in total. The van der Waals surface area contributed by atoms with Gasteiger partial charge in [0, 0.05) is 6.54 Å². The number of esters is 1. The fraction of sp³-hybridized carbons (Fsp3) is 0.364. The zero-order chi connectivity index (χ0) is 29.9. The maximum atomic E-state index is 13.7. The SMILES string of the molecule is COc1ccc(CC[C@@H](OC(=O)[C@@H]2CCCCN2C(=O)Cc2ccccc2)c2cccc(OCC(=O)O)c2)cc1OC. The van der Waals surface area contributed by atoms with Crippen molar-refractivity contribution in [2.24, 2.45) is 0 Å². The lowest BCUT2D eigenvalue weighted by molar-refractivity contribution is -0.162. The molecule has 1 fully saturated rings. The Labute approximate surface area is 246 Å². The van der Waals surface area contributed by atoms with E-state index in [9.17, 15) is 14.4 Å². The van der Waals surface area contributed by atoms with E-state index in [2.05, 4.69) is 0 Å². The van der Waals surface area contributed by atoms with Crippen molar-refractivity contribution in [1.82, 2.24) is 4.90 Å². The van der Waals surface area contributed by atoms with Gasteiger partial charge in [-0.2, -0.15) is 0 Å². The lowest BCUT2D eigenvalue weighted by Crippen LogP contribution is -2.49. The molecule has 0 saturated carbocycles. The summed E-state index contributed by atoms with van der Waals surface area (Å²) in [4.78, 5) is 39.6. The first-order valence-electron chi connectivity index (χ1n) is 14.1. The van der Waals surface area contributed by atoms with Crippen LogP contribution in [0.5, 0.6) is 17.2 Å². The number of carbonyl (C=O) groups excluding carboxylic acids is 2. The number of aryl methyl sites for hydroxylation is 1. The number of carboxylic acids is 1. The second-order valence-electron chi connectivity index (χ2n) is 10.2. The van der Waals surface area contributed by atoms with E-state index in [0.717, 1.165) is 24.0 Å². The fourth-order valence-corrected chi connectivity index (χ4v) is 5.14. The van der Waals surface area contributed by atoms with Crippen LogP contribution < -0.4 is 14.2 Å². The van der Waals surface area contributed by atoms with Gasteiger partial charge in [-0.15, -0.1) is 0 Å². The van der Waals surface area contributed by atoms with Crippen LogP contribution in [0.1, 0.15) is 48.5 Å². The van der Waals surface area contributed by atoms with E-state index in [1.54, 1.807) is 37.3 Å². The lowest BCUT2D eigenvalue weighted by atomic mass is 9.99. The summed E-state index contributed by atoms with van der Waals surface area (Å²) in [6.07, 6.45) is 2.74. The molecule has 3 aromatic rings. The minimum Gasteiger partial charge on any atom is -0.493 e. The second-order valence-corrected chi connectivity index (χ2v) is 10.2. The predicted octanol–water partition coefficient (Wildman–Crippen LogP) is 5.01. The first kappa shape index (κ1) is 30.4. The van der Waals surface area contributed by atoms with Gasteiger partial charge < -0.3 is 29.0 Å². The average molecular weight is 576 g/mol. The van der Waals surface area contributed by atoms with E-state index >= 15 is 0 Å². The van der Waals surface area contributed by atoms with E-state index < -0.39 is 30.7 Å². The number of likely N-dealkylation sites (tertiary alicyclic amines) is 1. The van der Waals surface area contributed by atoms with Crippen LogP contribution in [-0.2, 0) is 32.0 Å². The van der Waals surface area contributed by atoms with Crippen molar-refractivity contribution in [3.8, 4) is 17.2 Å². The van der Waals surface area contributed by atoms with Crippen LogP contribution in [0.15, 0.2) is 72.8 Å². The van der Waals surface area contributed by atoms with Crippen molar-refractivity contribution in [2.45, 2.75) is 50.7 Å². The highest BCUT2D eigenvalue weighted by Gasteiger charge is 2.34. The van der Waals surface area contributed by atoms with Crippen LogP contribution in [-0.4, -0.2) is 61.3 Å². The molecule has 9 heteroatoms. The summed E-state index contributed by atoms with van der Waals surface area (Å²) in [7, 11) is 3.15. The van der Waals surface area contributed by atoms with E-state index in [-0.39, 0.29) is 12.3 Å². The molecule has 0 spiro atoms. The van der Waals surface area contributed by atoms with Gasteiger partial charge in [0.1, 0.15) is 17.9 Å². The highest BCUT2D eigenvalue weighted by Crippen LogP contribution is 2.32. The number of methoxy groups -OCH3 is 2. The average Bonchev–Trinajstić information content (AvgIpc) is 3.02. The van der Waals surface area contributed by atoms with Gasteiger partial charge in [0.25, 0.3) is 0 Å². The molecular formula is C33H37NO8. The molecule has 1 aliphatic rings. The zero-order valence-corrected chi connectivity index (χ0v) is 24.0. The Morgan fingerprint density at radius 1 is 0.905 bits per heavy atom. The summed E-state index contributed by atoms with van der Waals surface area (Å²) in [5, 5.41) is 9.02.